The standard InChI is InChI=1S/C13H16N2S/c1-10-8-9-16-13(10)15(3)12-6-4-11(14-2)5-7-12/h4-9,14H,1-3H3. The quantitative estimate of drug-likeness (QED) is 0.864. The molecule has 1 heterocycles. The molecule has 0 spiro atoms. The largest absolute Gasteiger partial charge is 0.388 e. The number of nitrogens with zero attached hydrogens (tertiary/aromatic N) is 1. The van der Waals surface area contributed by atoms with E-state index in [4.69, 9.17) is 0 Å². The lowest BCUT2D eigenvalue weighted by molar-refractivity contribution is 1.22. The van der Waals surface area contributed by atoms with Gasteiger partial charge in [-0.1, -0.05) is 0 Å². The molecule has 2 rings (SSSR count). The lowest BCUT2D eigenvalue weighted by Gasteiger charge is -2.18. The minimum atomic E-state index is 1.14. The second kappa shape index (κ2) is 4.58. The molecule has 1 aromatic carbocycles. The number of benzene rings is 1. The van der Waals surface area contributed by atoms with E-state index in [-0.39, 0.29) is 0 Å². The monoisotopic (exact) mass is 232 g/mol. The first-order chi connectivity index (χ1) is 7.72. The van der Waals surface area contributed by atoms with Gasteiger partial charge in [0.25, 0.3) is 0 Å². The van der Waals surface area contributed by atoms with Gasteiger partial charge in [0.15, 0.2) is 0 Å². The average Bonchev–Trinajstić information content (AvgIpc) is 2.75. The van der Waals surface area contributed by atoms with Crippen molar-refractivity contribution in [1.29, 1.82) is 0 Å². The Balaban J connectivity index is 2.27. The molecule has 0 aliphatic heterocycles. The van der Waals surface area contributed by atoms with E-state index in [9.17, 15) is 0 Å². The molecule has 0 saturated heterocycles. The van der Waals surface area contributed by atoms with E-state index in [0.717, 1.165) is 5.69 Å². The smallest absolute Gasteiger partial charge is 0.0980 e. The summed E-state index contributed by atoms with van der Waals surface area (Å²) >= 11 is 1.77. The van der Waals surface area contributed by atoms with Crippen molar-refractivity contribution in [2.45, 2.75) is 6.92 Å². The van der Waals surface area contributed by atoms with Crippen LogP contribution >= 0.6 is 11.3 Å². The van der Waals surface area contributed by atoms with Crippen LogP contribution in [0.1, 0.15) is 5.56 Å². The van der Waals surface area contributed by atoms with Crippen LogP contribution in [-0.2, 0) is 0 Å². The van der Waals surface area contributed by atoms with Crippen molar-refractivity contribution in [2.75, 3.05) is 24.3 Å². The first-order valence-corrected chi connectivity index (χ1v) is 6.16. The normalized spacial score (nSPS) is 10.2. The van der Waals surface area contributed by atoms with Crippen LogP contribution < -0.4 is 10.2 Å². The van der Waals surface area contributed by atoms with Crippen LogP contribution in [0.25, 0.3) is 0 Å². The third-order valence-corrected chi connectivity index (χ3v) is 3.77. The molecule has 0 fully saturated rings. The summed E-state index contributed by atoms with van der Waals surface area (Å²) in [5.41, 5.74) is 3.68. The predicted octanol–water partition coefficient (Wildman–Crippen LogP) is 3.87. The fourth-order valence-electron chi connectivity index (χ4n) is 1.68. The van der Waals surface area contributed by atoms with Crippen LogP contribution in [0.15, 0.2) is 35.7 Å². The molecule has 0 unspecified atom stereocenters. The number of thiophene rings is 1. The summed E-state index contributed by atoms with van der Waals surface area (Å²) in [5.74, 6) is 0. The fraction of sp³-hybridized carbons (Fsp3) is 0.231. The Hall–Kier alpha value is -1.48. The molecule has 0 amide bonds. The molecule has 84 valence electrons. The maximum Gasteiger partial charge on any atom is 0.0980 e. The summed E-state index contributed by atoms with van der Waals surface area (Å²) in [6.07, 6.45) is 0. The summed E-state index contributed by atoms with van der Waals surface area (Å²) < 4.78 is 0. The molecule has 2 nitrogen and oxygen atoms in total. The number of hydrogen-bond acceptors (Lipinski definition) is 3. The van der Waals surface area contributed by atoms with Crippen LogP contribution in [0, 0.1) is 6.92 Å². The van der Waals surface area contributed by atoms with Gasteiger partial charge < -0.3 is 10.2 Å². The van der Waals surface area contributed by atoms with E-state index >= 15 is 0 Å². The van der Waals surface area contributed by atoms with Crippen molar-refractivity contribution >= 4 is 27.7 Å². The lowest BCUT2D eigenvalue weighted by atomic mass is 10.2. The van der Waals surface area contributed by atoms with E-state index in [1.165, 1.54) is 16.3 Å². The molecule has 0 atom stereocenters. The van der Waals surface area contributed by atoms with E-state index in [0.29, 0.717) is 0 Å². The van der Waals surface area contributed by atoms with Gasteiger partial charge in [-0.15, -0.1) is 11.3 Å². The highest BCUT2D eigenvalue weighted by Gasteiger charge is 2.07. The van der Waals surface area contributed by atoms with Gasteiger partial charge in [-0.25, -0.2) is 0 Å². The Bertz CT molecular complexity index is 459. The van der Waals surface area contributed by atoms with E-state index in [1.807, 2.05) is 7.05 Å². The van der Waals surface area contributed by atoms with E-state index in [2.05, 4.69) is 59.9 Å². The minimum Gasteiger partial charge on any atom is -0.388 e. The first-order valence-electron chi connectivity index (χ1n) is 5.28. The van der Waals surface area contributed by atoms with Crippen LogP contribution in [0.3, 0.4) is 0 Å². The van der Waals surface area contributed by atoms with Crippen molar-refractivity contribution in [1.82, 2.24) is 0 Å². The Labute approximate surface area is 101 Å². The highest BCUT2D eigenvalue weighted by atomic mass is 32.1. The maximum absolute atomic E-state index is 3.12. The van der Waals surface area contributed by atoms with Crippen molar-refractivity contribution in [2.24, 2.45) is 0 Å². The zero-order valence-corrected chi connectivity index (χ0v) is 10.6. The van der Waals surface area contributed by atoms with Gasteiger partial charge >= 0.3 is 0 Å². The molecule has 0 bridgehead atoms. The summed E-state index contributed by atoms with van der Waals surface area (Å²) in [4.78, 5) is 2.22. The molecule has 1 N–H and O–H groups in total. The number of rotatable bonds is 3. The molecule has 2 aromatic rings. The average molecular weight is 232 g/mol. The molecule has 1 aromatic heterocycles. The molecule has 16 heavy (non-hydrogen) atoms. The Kier molecular flexibility index (Phi) is 3.15. The first kappa shape index (κ1) is 11.0. The van der Waals surface area contributed by atoms with Crippen LogP contribution in [0.4, 0.5) is 16.4 Å². The van der Waals surface area contributed by atoms with Gasteiger partial charge in [-0.05, 0) is 48.2 Å². The zero-order chi connectivity index (χ0) is 11.5. The van der Waals surface area contributed by atoms with Gasteiger partial charge in [0.05, 0.1) is 5.00 Å². The Morgan fingerprint density at radius 3 is 2.31 bits per heavy atom. The molecular formula is C13H16N2S. The summed E-state index contributed by atoms with van der Waals surface area (Å²) in [7, 11) is 4.04. The Morgan fingerprint density at radius 2 is 1.81 bits per heavy atom. The summed E-state index contributed by atoms with van der Waals surface area (Å²) in [6.45, 7) is 2.14. The molecule has 3 heteroatoms. The Morgan fingerprint density at radius 1 is 1.12 bits per heavy atom. The highest BCUT2D eigenvalue weighted by molar-refractivity contribution is 7.14. The van der Waals surface area contributed by atoms with Gasteiger partial charge in [-0.3, -0.25) is 0 Å². The fourth-order valence-corrected chi connectivity index (χ4v) is 2.60. The topological polar surface area (TPSA) is 15.3 Å². The predicted molar refractivity (Wildman–Crippen MR) is 73.1 cm³/mol. The van der Waals surface area contributed by atoms with Crippen molar-refractivity contribution in [3.8, 4) is 0 Å². The summed E-state index contributed by atoms with van der Waals surface area (Å²) in [5, 5.41) is 6.55. The molecular weight excluding hydrogens is 216 g/mol. The third-order valence-electron chi connectivity index (χ3n) is 2.68. The maximum atomic E-state index is 3.12. The second-order valence-electron chi connectivity index (χ2n) is 3.76. The molecule has 0 radical (unpaired) electrons. The zero-order valence-electron chi connectivity index (χ0n) is 9.82. The lowest BCUT2D eigenvalue weighted by Crippen LogP contribution is -2.08. The van der Waals surface area contributed by atoms with E-state index in [1.54, 1.807) is 11.3 Å². The number of aryl methyl sites for hydroxylation is 1. The van der Waals surface area contributed by atoms with Crippen molar-refractivity contribution in [3.63, 3.8) is 0 Å². The minimum absolute atomic E-state index is 1.14. The molecule has 0 aliphatic carbocycles. The SMILES string of the molecule is CNc1ccc(N(C)c2sccc2C)cc1. The van der Waals surface area contributed by atoms with Gasteiger partial charge in [0.2, 0.25) is 0 Å². The highest BCUT2D eigenvalue weighted by Crippen LogP contribution is 2.31. The third kappa shape index (κ3) is 2.04. The van der Waals surface area contributed by atoms with Crippen LogP contribution in [-0.4, -0.2) is 14.1 Å². The summed E-state index contributed by atoms with van der Waals surface area (Å²) in [6, 6.07) is 10.6. The number of hydrogen-bond donors (Lipinski definition) is 1. The van der Waals surface area contributed by atoms with Crippen molar-refractivity contribution in [3.05, 3.63) is 41.3 Å². The molecule has 0 aliphatic rings. The van der Waals surface area contributed by atoms with Crippen LogP contribution in [0.2, 0.25) is 0 Å². The second-order valence-corrected chi connectivity index (χ2v) is 4.66. The molecule has 0 saturated carbocycles. The van der Waals surface area contributed by atoms with Gasteiger partial charge in [0.1, 0.15) is 0 Å². The van der Waals surface area contributed by atoms with E-state index < -0.39 is 0 Å². The van der Waals surface area contributed by atoms with Crippen molar-refractivity contribution < 1.29 is 0 Å². The van der Waals surface area contributed by atoms with Crippen LogP contribution in [0.5, 0.6) is 0 Å². The number of anilines is 3. The van der Waals surface area contributed by atoms with Gasteiger partial charge in [0, 0.05) is 25.5 Å². The number of nitrogens with one attached hydrogen (secondary N) is 1. The van der Waals surface area contributed by atoms with Gasteiger partial charge in [-0.2, -0.15) is 0 Å².